The number of hydrogen-bond acceptors (Lipinski definition) is 10. The first-order valence-electron chi connectivity index (χ1n) is 16.7. The standard InChI is InChI=1S/C37H41N7O4/c1-41-20-21-46-25-30(41)26-47-36-39-33-23-42(34-13-7-11-28-10-5-6-12-31(28)34)17-15-32(33)35(40-36)43-18-19-44(29(22-43)14-16-38)37(45)48-24-27-8-3-2-4-9-27/h2-13,29-30H,14-15,17-26H2,1H3/t29?,30-/m0/s1. The predicted octanol–water partition coefficient (Wildman–Crippen LogP) is 4.64. The van der Waals surface area contributed by atoms with Crippen molar-refractivity contribution in [3.63, 3.8) is 0 Å². The number of benzene rings is 3. The fourth-order valence-electron chi connectivity index (χ4n) is 6.86. The van der Waals surface area contributed by atoms with Crippen molar-refractivity contribution in [2.75, 3.05) is 69.4 Å². The van der Waals surface area contributed by atoms with Gasteiger partial charge in [-0.05, 0) is 30.5 Å². The monoisotopic (exact) mass is 647 g/mol. The Hall–Kier alpha value is -4.92. The highest BCUT2D eigenvalue weighted by atomic mass is 16.6. The average Bonchev–Trinajstić information content (AvgIpc) is 3.13. The molecular weight excluding hydrogens is 606 g/mol. The Bertz CT molecular complexity index is 1780. The van der Waals surface area contributed by atoms with Crippen molar-refractivity contribution in [1.29, 1.82) is 5.26 Å². The molecule has 4 aromatic rings. The average molecular weight is 648 g/mol. The fourth-order valence-corrected chi connectivity index (χ4v) is 6.86. The highest BCUT2D eigenvalue weighted by molar-refractivity contribution is 5.94. The van der Waals surface area contributed by atoms with Crippen LogP contribution >= 0.6 is 0 Å². The molecule has 0 saturated carbocycles. The molecule has 0 spiro atoms. The van der Waals surface area contributed by atoms with Crippen LogP contribution in [0.4, 0.5) is 16.3 Å². The molecule has 2 saturated heterocycles. The topological polar surface area (TPSA) is 107 Å². The molecule has 3 aliphatic heterocycles. The maximum Gasteiger partial charge on any atom is 0.410 e. The van der Waals surface area contributed by atoms with E-state index in [9.17, 15) is 10.1 Å². The minimum atomic E-state index is -0.406. The summed E-state index contributed by atoms with van der Waals surface area (Å²) in [6, 6.07) is 26.9. The lowest BCUT2D eigenvalue weighted by Crippen LogP contribution is -2.55. The number of carbonyl (C=O) groups is 1. The minimum Gasteiger partial charge on any atom is -0.462 e. The Morgan fingerprint density at radius 2 is 1.79 bits per heavy atom. The number of morpholine rings is 1. The van der Waals surface area contributed by atoms with Crippen molar-refractivity contribution >= 4 is 28.4 Å². The largest absolute Gasteiger partial charge is 0.462 e. The Balaban J connectivity index is 1.15. The third-order valence-electron chi connectivity index (χ3n) is 9.61. The van der Waals surface area contributed by atoms with E-state index in [0.29, 0.717) is 52.0 Å². The number of aromatic nitrogens is 2. The Morgan fingerprint density at radius 3 is 2.65 bits per heavy atom. The van der Waals surface area contributed by atoms with Crippen LogP contribution in [0.5, 0.6) is 6.01 Å². The van der Waals surface area contributed by atoms with Gasteiger partial charge in [-0.15, -0.1) is 0 Å². The molecular formula is C37H41N7O4. The van der Waals surface area contributed by atoms with Gasteiger partial charge in [-0.2, -0.15) is 15.2 Å². The van der Waals surface area contributed by atoms with Crippen LogP contribution in [0, 0.1) is 11.3 Å². The molecule has 1 unspecified atom stereocenters. The van der Waals surface area contributed by atoms with E-state index in [-0.39, 0.29) is 25.1 Å². The van der Waals surface area contributed by atoms with Crippen LogP contribution in [-0.2, 0) is 29.0 Å². The molecule has 1 aromatic heterocycles. The lowest BCUT2D eigenvalue weighted by Gasteiger charge is -2.42. The van der Waals surface area contributed by atoms with E-state index < -0.39 is 6.09 Å². The Labute approximate surface area is 281 Å². The van der Waals surface area contributed by atoms with Gasteiger partial charge in [-0.1, -0.05) is 66.7 Å². The third kappa shape index (κ3) is 6.86. The van der Waals surface area contributed by atoms with Crippen molar-refractivity contribution in [2.24, 2.45) is 0 Å². The van der Waals surface area contributed by atoms with Crippen LogP contribution in [0.25, 0.3) is 10.8 Å². The summed E-state index contributed by atoms with van der Waals surface area (Å²) >= 11 is 0. The molecule has 0 N–H and O–H groups in total. The SMILES string of the molecule is CN1CCOC[C@H]1COc1nc2c(c(N3CCN(C(=O)OCc4ccccc4)C(CC#N)C3)n1)CCN(c1cccc3ccccc13)C2. The van der Waals surface area contributed by atoms with Gasteiger partial charge in [0.1, 0.15) is 19.0 Å². The lowest BCUT2D eigenvalue weighted by atomic mass is 10.0. The van der Waals surface area contributed by atoms with Gasteiger partial charge in [-0.25, -0.2) is 4.79 Å². The molecule has 1 amide bonds. The lowest BCUT2D eigenvalue weighted by molar-refractivity contribution is -0.0120. The summed E-state index contributed by atoms with van der Waals surface area (Å²) < 4.78 is 17.7. The normalized spacial score (nSPS) is 19.9. The van der Waals surface area contributed by atoms with Gasteiger partial charge in [0.15, 0.2) is 0 Å². The maximum absolute atomic E-state index is 13.2. The molecule has 0 radical (unpaired) electrons. The number of nitriles is 1. The minimum absolute atomic E-state index is 0.111. The van der Waals surface area contributed by atoms with Crippen LogP contribution in [0.2, 0.25) is 0 Å². The highest BCUT2D eigenvalue weighted by Crippen LogP contribution is 2.35. The second kappa shape index (κ2) is 14.5. The van der Waals surface area contributed by atoms with Crippen molar-refractivity contribution in [3.05, 3.63) is 89.6 Å². The van der Waals surface area contributed by atoms with Crippen LogP contribution in [0.15, 0.2) is 72.8 Å². The van der Waals surface area contributed by atoms with Gasteiger partial charge in [0.2, 0.25) is 0 Å². The second-order valence-electron chi connectivity index (χ2n) is 12.6. The number of hydrogen-bond donors (Lipinski definition) is 0. The van der Waals surface area contributed by atoms with Gasteiger partial charge in [0, 0.05) is 49.4 Å². The molecule has 3 aliphatic rings. The van der Waals surface area contributed by atoms with E-state index in [1.54, 1.807) is 4.90 Å². The van der Waals surface area contributed by atoms with Crippen molar-refractivity contribution < 1.29 is 19.0 Å². The number of amides is 1. The molecule has 0 aliphatic carbocycles. The molecule has 0 bridgehead atoms. The van der Waals surface area contributed by atoms with Gasteiger partial charge in [0.25, 0.3) is 0 Å². The van der Waals surface area contributed by atoms with Crippen LogP contribution in [0.3, 0.4) is 0 Å². The molecule has 248 valence electrons. The zero-order chi connectivity index (χ0) is 32.9. The van der Waals surface area contributed by atoms with E-state index in [1.165, 1.54) is 16.5 Å². The molecule has 11 heteroatoms. The van der Waals surface area contributed by atoms with Crippen molar-refractivity contribution in [3.8, 4) is 12.1 Å². The second-order valence-corrected chi connectivity index (χ2v) is 12.6. The summed E-state index contributed by atoms with van der Waals surface area (Å²) in [7, 11) is 2.08. The summed E-state index contributed by atoms with van der Waals surface area (Å²) in [5, 5.41) is 12.2. The van der Waals surface area contributed by atoms with Gasteiger partial charge < -0.3 is 28.9 Å². The van der Waals surface area contributed by atoms with Gasteiger partial charge >= 0.3 is 12.1 Å². The summed E-state index contributed by atoms with van der Waals surface area (Å²) in [6.07, 6.45) is 0.545. The highest BCUT2D eigenvalue weighted by Gasteiger charge is 2.35. The van der Waals surface area contributed by atoms with E-state index in [0.717, 1.165) is 42.1 Å². The van der Waals surface area contributed by atoms with Crippen LogP contribution < -0.4 is 14.5 Å². The number of carbonyl (C=O) groups excluding carboxylic acids is 1. The van der Waals surface area contributed by atoms with E-state index in [1.807, 2.05) is 30.3 Å². The Morgan fingerprint density at radius 1 is 0.958 bits per heavy atom. The van der Waals surface area contributed by atoms with Crippen molar-refractivity contribution in [1.82, 2.24) is 19.8 Å². The van der Waals surface area contributed by atoms with Gasteiger partial charge in [-0.3, -0.25) is 4.90 Å². The number of anilines is 2. The number of nitrogens with zero attached hydrogens (tertiary/aromatic N) is 7. The third-order valence-corrected chi connectivity index (χ3v) is 9.61. The molecule has 2 fully saturated rings. The smallest absolute Gasteiger partial charge is 0.410 e. The number of rotatable bonds is 8. The quantitative estimate of drug-likeness (QED) is 0.269. The number of likely N-dealkylation sites (N-methyl/N-ethyl adjacent to an activating group) is 1. The first-order valence-corrected chi connectivity index (χ1v) is 16.7. The van der Waals surface area contributed by atoms with E-state index >= 15 is 0 Å². The fraction of sp³-hybridized carbons (Fsp3) is 0.405. The summed E-state index contributed by atoms with van der Waals surface area (Å²) in [4.78, 5) is 31.7. The van der Waals surface area contributed by atoms with Gasteiger partial charge in [0.05, 0.1) is 50.0 Å². The summed E-state index contributed by atoms with van der Waals surface area (Å²) in [5.74, 6) is 0.820. The molecule has 11 nitrogen and oxygen atoms in total. The maximum atomic E-state index is 13.2. The molecule has 4 heterocycles. The first-order chi connectivity index (χ1) is 23.6. The molecule has 48 heavy (non-hydrogen) atoms. The number of piperazine rings is 1. The zero-order valence-corrected chi connectivity index (χ0v) is 27.3. The van der Waals surface area contributed by atoms with Crippen LogP contribution in [-0.4, -0.2) is 97.5 Å². The Kier molecular flexibility index (Phi) is 9.54. The first kappa shape index (κ1) is 31.7. The van der Waals surface area contributed by atoms with E-state index in [2.05, 4.69) is 70.3 Å². The van der Waals surface area contributed by atoms with Crippen LogP contribution in [0.1, 0.15) is 23.2 Å². The number of ether oxygens (including phenoxy) is 3. The molecule has 2 atom stereocenters. The van der Waals surface area contributed by atoms with E-state index in [4.69, 9.17) is 24.2 Å². The zero-order valence-electron chi connectivity index (χ0n) is 27.3. The summed E-state index contributed by atoms with van der Waals surface area (Å²) in [5.41, 5.74) is 4.13. The molecule has 3 aromatic carbocycles. The molecule has 7 rings (SSSR count). The predicted molar refractivity (Wildman–Crippen MR) is 183 cm³/mol. The summed E-state index contributed by atoms with van der Waals surface area (Å²) in [6.45, 7) is 5.63. The number of fused-ring (bicyclic) bond motifs is 2. The van der Waals surface area contributed by atoms with Crippen molar-refractivity contribution in [2.45, 2.75) is 38.1 Å².